The third-order valence-corrected chi connectivity index (χ3v) is 5.39. The number of fused-ring (bicyclic) bond motifs is 1. The molecular weight excluding hydrogens is 446 g/mol. The first-order chi connectivity index (χ1) is 17.0. The molecule has 3 aromatic rings. The highest BCUT2D eigenvalue weighted by molar-refractivity contribution is 6.00. The van der Waals surface area contributed by atoms with Crippen LogP contribution in [0.4, 0.5) is 11.4 Å². The van der Waals surface area contributed by atoms with Crippen molar-refractivity contribution in [2.75, 3.05) is 37.0 Å². The van der Waals surface area contributed by atoms with Crippen molar-refractivity contribution in [2.45, 2.75) is 13.3 Å². The van der Waals surface area contributed by atoms with Crippen molar-refractivity contribution < 1.29 is 23.9 Å². The highest BCUT2D eigenvalue weighted by atomic mass is 16.5. The van der Waals surface area contributed by atoms with Gasteiger partial charge in [0.1, 0.15) is 12.4 Å². The number of rotatable bonds is 10. The summed E-state index contributed by atoms with van der Waals surface area (Å²) in [7, 11) is 0. The molecule has 0 saturated heterocycles. The van der Waals surface area contributed by atoms with E-state index in [0.717, 1.165) is 22.4 Å². The van der Waals surface area contributed by atoms with Gasteiger partial charge in [-0.25, -0.2) is 0 Å². The number of anilines is 2. The lowest BCUT2D eigenvalue weighted by Crippen LogP contribution is -2.27. The summed E-state index contributed by atoms with van der Waals surface area (Å²) in [4.78, 5) is 35.2. The highest BCUT2D eigenvalue weighted by Crippen LogP contribution is 2.29. The normalized spacial score (nSPS) is 12.0. The van der Waals surface area contributed by atoms with E-state index in [2.05, 4.69) is 16.0 Å². The van der Waals surface area contributed by atoms with Crippen LogP contribution in [-0.4, -0.2) is 44.1 Å². The molecule has 1 aliphatic rings. The topological polar surface area (TPSA) is 106 Å². The Hall–Kier alpha value is -4.17. The molecule has 1 heterocycles. The molecule has 0 atom stereocenters. The second-order valence-corrected chi connectivity index (χ2v) is 8.10. The number of carbonyl (C=O) groups excluding carboxylic acids is 3. The van der Waals surface area contributed by atoms with Gasteiger partial charge in [-0.15, -0.1) is 0 Å². The average molecular weight is 474 g/mol. The smallest absolute Gasteiger partial charge is 0.251 e. The molecular formula is C27H27N3O5. The maximum absolute atomic E-state index is 12.6. The van der Waals surface area contributed by atoms with Crippen LogP contribution in [0.1, 0.15) is 22.8 Å². The first-order valence-corrected chi connectivity index (χ1v) is 11.4. The van der Waals surface area contributed by atoms with Crippen molar-refractivity contribution in [3.63, 3.8) is 0 Å². The monoisotopic (exact) mass is 473 g/mol. The molecule has 8 heteroatoms. The number of hydrogen-bond donors (Lipinski definition) is 3. The molecule has 3 aromatic carbocycles. The van der Waals surface area contributed by atoms with Crippen molar-refractivity contribution in [1.29, 1.82) is 0 Å². The minimum Gasteiger partial charge on any atom is -0.491 e. The summed E-state index contributed by atoms with van der Waals surface area (Å²) >= 11 is 0. The fourth-order valence-electron chi connectivity index (χ4n) is 3.75. The molecule has 4 rings (SSSR count). The molecule has 0 spiro atoms. The lowest BCUT2D eigenvalue weighted by molar-refractivity contribution is -0.115. The van der Waals surface area contributed by atoms with Crippen molar-refractivity contribution in [3.8, 4) is 16.9 Å². The quantitative estimate of drug-likeness (QED) is 0.390. The number of hydrogen-bond acceptors (Lipinski definition) is 5. The van der Waals surface area contributed by atoms with Gasteiger partial charge in [-0.05, 0) is 65.2 Å². The van der Waals surface area contributed by atoms with Gasteiger partial charge in [0, 0.05) is 30.4 Å². The van der Waals surface area contributed by atoms with Crippen LogP contribution in [0.5, 0.6) is 5.75 Å². The van der Waals surface area contributed by atoms with E-state index in [4.69, 9.17) is 9.47 Å². The van der Waals surface area contributed by atoms with Crippen LogP contribution in [0.15, 0.2) is 66.7 Å². The van der Waals surface area contributed by atoms with Crippen molar-refractivity contribution in [2.24, 2.45) is 0 Å². The third kappa shape index (κ3) is 6.68. The molecule has 0 aliphatic carbocycles. The maximum Gasteiger partial charge on any atom is 0.251 e. The van der Waals surface area contributed by atoms with Crippen LogP contribution in [-0.2, 0) is 20.7 Å². The van der Waals surface area contributed by atoms with E-state index in [9.17, 15) is 14.4 Å². The Kier molecular flexibility index (Phi) is 7.74. The molecule has 1 aliphatic heterocycles. The summed E-state index contributed by atoms with van der Waals surface area (Å²) in [6, 6.07) is 20.3. The Morgan fingerprint density at radius 2 is 1.74 bits per heavy atom. The average Bonchev–Trinajstić information content (AvgIpc) is 3.23. The summed E-state index contributed by atoms with van der Waals surface area (Å²) < 4.78 is 11.1. The van der Waals surface area contributed by atoms with E-state index in [-0.39, 0.29) is 17.7 Å². The van der Waals surface area contributed by atoms with E-state index in [0.29, 0.717) is 49.8 Å². The molecule has 180 valence electrons. The fourth-order valence-corrected chi connectivity index (χ4v) is 3.75. The zero-order chi connectivity index (χ0) is 24.6. The first kappa shape index (κ1) is 24.0. The molecule has 3 amide bonds. The molecule has 0 saturated carbocycles. The zero-order valence-electron chi connectivity index (χ0n) is 19.4. The number of carbonyl (C=O) groups is 3. The maximum atomic E-state index is 12.6. The lowest BCUT2D eigenvalue weighted by atomic mass is 10.00. The number of nitrogens with one attached hydrogen (secondary N) is 3. The molecule has 0 aromatic heterocycles. The van der Waals surface area contributed by atoms with Crippen LogP contribution in [0, 0.1) is 0 Å². The van der Waals surface area contributed by atoms with Gasteiger partial charge in [-0.3, -0.25) is 14.4 Å². The molecule has 0 radical (unpaired) electrons. The molecule has 0 bridgehead atoms. The van der Waals surface area contributed by atoms with Crippen LogP contribution < -0.4 is 20.7 Å². The Bertz CT molecular complexity index is 1220. The zero-order valence-corrected chi connectivity index (χ0v) is 19.4. The summed E-state index contributed by atoms with van der Waals surface area (Å²) in [6.45, 7) is 2.95. The molecule has 0 fully saturated rings. The van der Waals surface area contributed by atoms with E-state index in [1.165, 1.54) is 6.92 Å². The van der Waals surface area contributed by atoms with Crippen LogP contribution >= 0.6 is 0 Å². The molecule has 3 N–H and O–H groups in total. The Morgan fingerprint density at radius 3 is 2.54 bits per heavy atom. The predicted molar refractivity (Wildman–Crippen MR) is 134 cm³/mol. The van der Waals surface area contributed by atoms with Gasteiger partial charge < -0.3 is 25.4 Å². The minimum atomic E-state index is -0.177. The highest BCUT2D eigenvalue weighted by Gasteiger charge is 2.18. The van der Waals surface area contributed by atoms with E-state index < -0.39 is 0 Å². The van der Waals surface area contributed by atoms with Crippen LogP contribution in [0.3, 0.4) is 0 Å². The van der Waals surface area contributed by atoms with Crippen molar-refractivity contribution in [3.05, 3.63) is 77.9 Å². The summed E-state index contributed by atoms with van der Waals surface area (Å²) in [6.07, 6.45) is 0.374. The Labute approximate surface area is 203 Å². The van der Waals surface area contributed by atoms with Crippen molar-refractivity contribution in [1.82, 2.24) is 5.32 Å². The summed E-state index contributed by atoms with van der Waals surface area (Å²) in [5.41, 5.74) is 4.95. The minimum absolute atomic E-state index is 0.00332. The third-order valence-electron chi connectivity index (χ3n) is 5.39. The summed E-state index contributed by atoms with van der Waals surface area (Å²) in [5, 5.41) is 8.39. The lowest BCUT2D eigenvalue weighted by Gasteiger charge is -2.10. The van der Waals surface area contributed by atoms with Gasteiger partial charge >= 0.3 is 0 Å². The van der Waals surface area contributed by atoms with Gasteiger partial charge in [-0.1, -0.05) is 18.2 Å². The Balaban J connectivity index is 1.17. The second kappa shape index (κ2) is 11.3. The number of ether oxygens (including phenoxy) is 2. The van der Waals surface area contributed by atoms with Crippen LogP contribution in [0.25, 0.3) is 11.1 Å². The van der Waals surface area contributed by atoms with Gasteiger partial charge in [0.25, 0.3) is 5.91 Å². The SMILES string of the molecule is CC(=O)Nc1ccc(OCCOCCNC(=O)c2cccc(-c3ccc4c(c3)CC(=O)N4)c2)cc1. The number of benzene rings is 3. The van der Waals surface area contributed by atoms with Gasteiger partial charge in [0.2, 0.25) is 11.8 Å². The van der Waals surface area contributed by atoms with E-state index >= 15 is 0 Å². The fraction of sp³-hybridized carbons (Fsp3) is 0.222. The van der Waals surface area contributed by atoms with Crippen molar-refractivity contribution >= 4 is 29.1 Å². The van der Waals surface area contributed by atoms with Crippen LogP contribution in [0.2, 0.25) is 0 Å². The first-order valence-electron chi connectivity index (χ1n) is 11.4. The Morgan fingerprint density at radius 1 is 0.943 bits per heavy atom. The van der Waals surface area contributed by atoms with Gasteiger partial charge in [-0.2, -0.15) is 0 Å². The summed E-state index contributed by atoms with van der Waals surface area (Å²) in [5.74, 6) is 0.380. The molecule has 35 heavy (non-hydrogen) atoms. The standard InChI is InChI=1S/C27H27N3O5/c1-18(31)29-23-6-8-24(9-7-23)35-14-13-34-12-11-28-27(33)21-4-2-3-19(15-21)20-5-10-25-22(16-20)17-26(32)30-25/h2-10,15-16H,11-14,17H2,1H3,(H,28,33)(H,29,31)(H,30,32). The van der Waals surface area contributed by atoms with E-state index in [1.54, 1.807) is 30.3 Å². The van der Waals surface area contributed by atoms with Gasteiger partial charge in [0.05, 0.1) is 19.6 Å². The predicted octanol–water partition coefficient (Wildman–Crippen LogP) is 3.63. The molecule has 8 nitrogen and oxygen atoms in total. The second-order valence-electron chi connectivity index (χ2n) is 8.10. The van der Waals surface area contributed by atoms with E-state index in [1.807, 2.05) is 36.4 Å². The van der Waals surface area contributed by atoms with Gasteiger partial charge in [0.15, 0.2) is 0 Å². The largest absolute Gasteiger partial charge is 0.491 e. The molecule has 0 unspecified atom stereocenters. The number of amides is 3.